The molecule has 0 spiro atoms. The lowest BCUT2D eigenvalue weighted by atomic mass is 9.87. The van der Waals surface area contributed by atoms with E-state index in [1.807, 2.05) is 0 Å². The summed E-state index contributed by atoms with van der Waals surface area (Å²) in [7, 11) is 6.46. The third kappa shape index (κ3) is 3.02. The van der Waals surface area contributed by atoms with Gasteiger partial charge in [-0.25, -0.2) is 0 Å². The van der Waals surface area contributed by atoms with Gasteiger partial charge < -0.3 is 9.22 Å². The van der Waals surface area contributed by atoms with Crippen molar-refractivity contribution in [1.82, 2.24) is 0 Å². The van der Waals surface area contributed by atoms with Crippen molar-refractivity contribution in [2.75, 3.05) is 27.7 Å². The van der Waals surface area contributed by atoms with Gasteiger partial charge >= 0.3 is 0 Å². The molecule has 2 aromatic carbocycles. The van der Waals surface area contributed by atoms with Crippen LogP contribution in [0.15, 0.2) is 48.5 Å². The molecule has 0 bridgehead atoms. The van der Waals surface area contributed by atoms with Crippen LogP contribution in [0, 0.1) is 0 Å². The standard InChI is InChI=1S/C20H26NO/c1-21(2)15-14-17-6-4-5-7-19(17)20(21)13-10-16-8-11-18(22-3)12-9-16/h4-9,11-12,20H,10,13-15H2,1-3H3/q+1. The van der Waals surface area contributed by atoms with E-state index in [1.54, 1.807) is 18.2 Å². The van der Waals surface area contributed by atoms with Gasteiger partial charge in [-0.2, -0.15) is 0 Å². The molecule has 1 heterocycles. The number of likely N-dealkylation sites (N-methyl/N-ethyl adjacent to an activating group) is 1. The van der Waals surface area contributed by atoms with E-state index >= 15 is 0 Å². The minimum Gasteiger partial charge on any atom is -0.497 e. The largest absolute Gasteiger partial charge is 0.497 e. The molecule has 0 aromatic heterocycles. The van der Waals surface area contributed by atoms with Crippen LogP contribution in [-0.2, 0) is 12.8 Å². The van der Waals surface area contributed by atoms with E-state index in [-0.39, 0.29) is 0 Å². The van der Waals surface area contributed by atoms with E-state index in [4.69, 9.17) is 4.74 Å². The average molecular weight is 296 g/mol. The zero-order chi connectivity index (χ0) is 15.6. The summed E-state index contributed by atoms with van der Waals surface area (Å²) in [6, 6.07) is 18.1. The number of quaternary nitrogens is 1. The monoisotopic (exact) mass is 296 g/mol. The zero-order valence-electron chi connectivity index (χ0n) is 13.9. The fraction of sp³-hybridized carbons (Fsp3) is 0.400. The predicted octanol–water partition coefficient (Wildman–Crippen LogP) is 4.00. The van der Waals surface area contributed by atoms with E-state index < -0.39 is 0 Å². The normalized spacial score (nSPS) is 19.5. The van der Waals surface area contributed by atoms with E-state index in [0.717, 1.165) is 16.7 Å². The topological polar surface area (TPSA) is 9.23 Å². The SMILES string of the molecule is COc1ccc(CCC2c3ccccc3CC[N+]2(C)C)cc1. The van der Waals surface area contributed by atoms with Crippen molar-refractivity contribution in [3.05, 3.63) is 65.2 Å². The molecule has 116 valence electrons. The van der Waals surface area contributed by atoms with Gasteiger partial charge in [0.05, 0.1) is 27.7 Å². The van der Waals surface area contributed by atoms with Crippen LogP contribution >= 0.6 is 0 Å². The summed E-state index contributed by atoms with van der Waals surface area (Å²) in [5.41, 5.74) is 4.48. The Balaban J connectivity index is 1.77. The summed E-state index contributed by atoms with van der Waals surface area (Å²) in [6.07, 6.45) is 3.50. The van der Waals surface area contributed by atoms with Crippen molar-refractivity contribution in [3.63, 3.8) is 0 Å². The number of nitrogens with zero attached hydrogens (tertiary/aromatic N) is 1. The molecular weight excluding hydrogens is 270 g/mol. The van der Waals surface area contributed by atoms with Crippen LogP contribution in [0.25, 0.3) is 0 Å². The smallest absolute Gasteiger partial charge is 0.118 e. The van der Waals surface area contributed by atoms with Gasteiger partial charge in [-0.3, -0.25) is 0 Å². The van der Waals surface area contributed by atoms with Gasteiger partial charge in [0.1, 0.15) is 11.8 Å². The van der Waals surface area contributed by atoms with E-state index in [1.165, 1.54) is 24.9 Å². The molecule has 3 rings (SSSR count). The molecule has 2 nitrogen and oxygen atoms in total. The first-order chi connectivity index (χ1) is 10.6. The lowest BCUT2D eigenvalue weighted by Gasteiger charge is -2.43. The second kappa shape index (κ2) is 6.13. The van der Waals surface area contributed by atoms with Crippen molar-refractivity contribution < 1.29 is 9.22 Å². The Morgan fingerprint density at radius 1 is 1.05 bits per heavy atom. The summed E-state index contributed by atoms with van der Waals surface area (Å²) in [4.78, 5) is 0. The molecule has 22 heavy (non-hydrogen) atoms. The van der Waals surface area contributed by atoms with Crippen LogP contribution in [0.1, 0.15) is 29.2 Å². The highest BCUT2D eigenvalue weighted by atomic mass is 16.5. The summed E-state index contributed by atoms with van der Waals surface area (Å²) >= 11 is 0. The third-order valence-corrected chi connectivity index (χ3v) is 5.08. The van der Waals surface area contributed by atoms with Crippen LogP contribution < -0.4 is 4.74 Å². The lowest BCUT2D eigenvalue weighted by Crippen LogP contribution is -2.47. The molecular formula is C20H26NO+. The van der Waals surface area contributed by atoms with E-state index in [0.29, 0.717) is 6.04 Å². The first kappa shape index (κ1) is 15.1. The number of aryl methyl sites for hydroxylation is 1. The van der Waals surface area contributed by atoms with Gasteiger partial charge in [0.2, 0.25) is 0 Å². The maximum atomic E-state index is 5.24. The number of ether oxygens (including phenoxy) is 1. The maximum absolute atomic E-state index is 5.24. The highest BCUT2D eigenvalue weighted by molar-refractivity contribution is 5.31. The number of rotatable bonds is 4. The predicted molar refractivity (Wildman–Crippen MR) is 91.2 cm³/mol. The Morgan fingerprint density at radius 2 is 1.77 bits per heavy atom. The van der Waals surface area contributed by atoms with Gasteiger partial charge in [-0.05, 0) is 29.7 Å². The molecule has 2 aromatic rings. The van der Waals surface area contributed by atoms with Crippen LogP contribution in [-0.4, -0.2) is 32.2 Å². The Kier molecular flexibility index (Phi) is 4.21. The molecule has 0 saturated carbocycles. The van der Waals surface area contributed by atoms with Crippen LogP contribution in [0.5, 0.6) is 5.75 Å². The quantitative estimate of drug-likeness (QED) is 0.775. The summed E-state index contributed by atoms with van der Waals surface area (Å²) in [5, 5.41) is 0. The van der Waals surface area contributed by atoms with Crippen molar-refractivity contribution in [1.29, 1.82) is 0 Å². The molecule has 0 fully saturated rings. The van der Waals surface area contributed by atoms with Gasteiger partial charge in [-0.15, -0.1) is 0 Å². The molecule has 1 aliphatic heterocycles. The van der Waals surface area contributed by atoms with Gasteiger partial charge in [0, 0.05) is 18.4 Å². The van der Waals surface area contributed by atoms with Crippen LogP contribution in [0.3, 0.4) is 0 Å². The minimum absolute atomic E-state index is 0.590. The Labute approximate surface area is 133 Å². The van der Waals surface area contributed by atoms with Gasteiger partial charge in [0.25, 0.3) is 0 Å². The molecule has 0 aliphatic carbocycles. The highest BCUT2D eigenvalue weighted by Crippen LogP contribution is 2.36. The fourth-order valence-corrected chi connectivity index (χ4v) is 3.63. The van der Waals surface area contributed by atoms with Gasteiger partial charge in [0.15, 0.2) is 0 Å². The van der Waals surface area contributed by atoms with Crippen LogP contribution in [0.4, 0.5) is 0 Å². The Morgan fingerprint density at radius 3 is 2.50 bits per heavy atom. The molecule has 2 heteroatoms. The first-order valence-electron chi connectivity index (χ1n) is 8.13. The number of fused-ring (bicyclic) bond motifs is 1. The number of hydrogen-bond donors (Lipinski definition) is 0. The van der Waals surface area contributed by atoms with E-state index in [2.05, 4.69) is 62.6 Å². The second-order valence-corrected chi connectivity index (χ2v) is 6.85. The molecule has 1 aliphatic rings. The van der Waals surface area contributed by atoms with Crippen molar-refractivity contribution in [2.45, 2.75) is 25.3 Å². The lowest BCUT2D eigenvalue weighted by molar-refractivity contribution is -0.923. The second-order valence-electron chi connectivity index (χ2n) is 6.85. The molecule has 0 radical (unpaired) electrons. The summed E-state index contributed by atoms with van der Waals surface area (Å²) in [6.45, 7) is 1.23. The van der Waals surface area contributed by atoms with E-state index in [9.17, 15) is 0 Å². The summed E-state index contributed by atoms with van der Waals surface area (Å²) in [5.74, 6) is 0.933. The van der Waals surface area contributed by atoms with Crippen LogP contribution in [0.2, 0.25) is 0 Å². The summed E-state index contributed by atoms with van der Waals surface area (Å²) < 4.78 is 6.33. The number of hydrogen-bond acceptors (Lipinski definition) is 1. The minimum atomic E-state index is 0.590. The molecule has 0 saturated heterocycles. The average Bonchev–Trinajstić information content (AvgIpc) is 2.54. The van der Waals surface area contributed by atoms with Crippen molar-refractivity contribution in [3.8, 4) is 5.75 Å². The fourth-order valence-electron chi connectivity index (χ4n) is 3.63. The zero-order valence-corrected chi connectivity index (χ0v) is 13.9. The number of methoxy groups -OCH3 is 1. The Hall–Kier alpha value is -1.80. The van der Waals surface area contributed by atoms with Crippen molar-refractivity contribution in [2.24, 2.45) is 0 Å². The van der Waals surface area contributed by atoms with Crippen molar-refractivity contribution >= 4 is 0 Å². The molecule has 0 amide bonds. The third-order valence-electron chi connectivity index (χ3n) is 5.08. The number of benzene rings is 2. The maximum Gasteiger partial charge on any atom is 0.118 e. The highest BCUT2D eigenvalue weighted by Gasteiger charge is 2.34. The first-order valence-corrected chi connectivity index (χ1v) is 8.13. The van der Waals surface area contributed by atoms with Gasteiger partial charge in [-0.1, -0.05) is 36.4 Å². The molecule has 1 atom stereocenters. The molecule has 1 unspecified atom stereocenters. The molecule has 0 N–H and O–H groups in total. The Bertz CT molecular complexity index is 630.